The molecule has 0 aliphatic heterocycles. The fourth-order valence-corrected chi connectivity index (χ4v) is 4.80. The molecule has 5 rings (SSSR count). The molecule has 2 heterocycles. The summed E-state index contributed by atoms with van der Waals surface area (Å²) < 4.78 is 3.61. The van der Waals surface area contributed by atoms with E-state index in [0.29, 0.717) is 27.5 Å². The van der Waals surface area contributed by atoms with Crippen LogP contribution >= 0.6 is 23.2 Å². The quantitative estimate of drug-likeness (QED) is 0.383. The molecule has 0 atom stereocenters. The first-order valence-electron chi connectivity index (χ1n) is 10.6. The molecule has 1 aliphatic carbocycles. The molecular weight excluding hydrogens is 461 g/mol. The number of nitrogens with two attached hydrogens (primary N) is 1. The largest absolute Gasteiger partial charge is 0.364 e. The number of halogens is 2. The van der Waals surface area contributed by atoms with Crippen molar-refractivity contribution in [3.8, 4) is 17.1 Å². The molecule has 33 heavy (non-hydrogen) atoms. The molecule has 1 aliphatic rings. The van der Waals surface area contributed by atoms with Crippen molar-refractivity contribution in [2.24, 2.45) is 5.73 Å². The maximum Gasteiger partial charge on any atom is 0.271 e. The molecule has 1 amide bonds. The zero-order chi connectivity index (χ0) is 22.9. The molecule has 2 aromatic heterocycles. The van der Waals surface area contributed by atoms with Gasteiger partial charge in [0.1, 0.15) is 12.0 Å². The van der Waals surface area contributed by atoms with Gasteiger partial charge in [0.05, 0.1) is 21.9 Å². The number of nitrogens with zero attached hydrogens (tertiary/aromatic N) is 5. The second-order valence-electron chi connectivity index (χ2n) is 7.97. The van der Waals surface area contributed by atoms with Crippen LogP contribution in [0.5, 0.6) is 0 Å². The minimum absolute atomic E-state index is 0.0797. The van der Waals surface area contributed by atoms with Crippen LogP contribution in [0, 0.1) is 0 Å². The average Bonchev–Trinajstić information content (AvgIpc) is 3.55. The number of carbonyl (C=O) groups is 1. The normalized spacial score (nSPS) is 14.0. The van der Waals surface area contributed by atoms with Crippen molar-refractivity contribution in [3.63, 3.8) is 0 Å². The molecule has 0 spiro atoms. The summed E-state index contributed by atoms with van der Waals surface area (Å²) in [6.45, 7) is 0. The lowest BCUT2D eigenvalue weighted by Gasteiger charge is -2.14. The van der Waals surface area contributed by atoms with E-state index in [9.17, 15) is 4.79 Å². The maximum absolute atomic E-state index is 12.0. The Hall–Kier alpha value is -3.36. The number of amides is 1. The number of anilines is 2. The number of carbonyl (C=O) groups excluding carboxylic acids is 1. The summed E-state index contributed by atoms with van der Waals surface area (Å²) in [5, 5.41) is 16.8. The van der Waals surface area contributed by atoms with Crippen LogP contribution in [0.2, 0.25) is 10.0 Å². The molecule has 0 saturated heterocycles. The number of hydrogen-bond acceptors (Lipinski definition) is 5. The molecule has 0 unspecified atom stereocenters. The lowest BCUT2D eigenvalue weighted by Crippen LogP contribution is -2.14. The molecule has 1 fully saturated rings. The first kappa shape index (κ1) is 21.5. The summed E-state index contributed by atoms with van der Waals surface area (Å²) in [7, 11) is 0. The van der Waals surface area contributed by atoms with Crippen molar-refractivity contribution < 1.29 is 4.79 Å². The van der Waals surface area contributed by atoms with Gasteiger partial charge in [-0.2, -0.15) is 5.10 Å². The van der Waals surface area contributed by atoms with E-state index in [2.05, 4.69) is 25.2 Å². The predicted octanol–water partition coefficient (Wildman–Crippen LogP) is 5.40. The van der Waals surface area contributed by atoms with Gasteiger partial charge in [-0.3, -0.25) is 4.79 Å². The third kappa shape index (κ3) is 4.19. The van der Waals surface area contributed by atoms with E-state index in [-0.39, 0.29) is 5.69 Å². The summed E-state index contributed by atoms with van der Waals surface area (Å²) in [5.74, 6) is 0.188. The number of primary amides is 1. The van der Waals surface area contributed by atoms with E-state index in [1.165, 1.54) is 17.5 Å². The molecule has 1 saturated carbocycles. The van der Waals surface area contributed by atoms with Crippen LogP contribution in [0.15, 0.2) is 55.0 Å². The lowest BCUT2D eigenvalue weighted by molar-refractivity contribution is 0.0996. The zero-order valence-electron chi connectivity index (χ0n) is 17.6. The highest BCUT2D eigenvalue weighted by Crippen LogP contribution is 2.34. The van der Waals surface area contributed by atoms with Crippen molar-refractivity contribution >= 4 is 40.5 Å². The van der Waals surface area contributed by atoms with Gasteiger partial charge in [0.2, 0.25) is 0 Å². The van der Waals surface area contributed by atoms with Gasteiger partial charge in [-0.1, -0.05) is 42.1 Å². The Bertz CT molecular complexity index is 1290. The van der Waals surface area contributed by atoms with Crippen LogP contribution in [-0.2, 0) is 0 Å². The minimum Gasteiger partial charge on any atom is -0.364 e. The third-order valence-electron chi connectivity index (χ3n) is 5.83. The lowest BCUT2D eigenvalue weighted by atomic mass is 10.1. The van der Waals surface area contributed by atoms with Crippen molar-refractivity contribution in [1.29, 1.82) is 0 Å². The smallest absolute Gasteiger partial charge is 0.271 e. The molecule has 0 radical (unpaired) electrons. The fourth-order valence-electron chi connectivity index (χ4n) is 4.23. The number of benzene rings is 2. The minimum atomic E-state index is -0.666. The second kappa shape index (κ2) is 8.88. The molecule has 10 heteroatoms. The number of rotatable bonds is 6. The fraction of sp³-hybridized carbons (Fsp3) is 0.217. The van der Waals surface area contributed by atoms with Gasteiger partial charge < -0.3 is 15.6 Å². The highest BCUT2D eigenvalue weighted by molar-refractivity contribution is 6.37. The average molecular weight is 482 g/mol. The van der Waals surface area contributed by atoms with Crippen LogP contribution in [0.4, 0.5) is 11.4 Å². The summed E-state index contributed by atoms with van der Waals surface area (Å²) in [5.41, 5.74) is 8.29. The molecule has 168 valence electrons. The third-order valence-corrected chi connectivity index (χ3v) is 6.44. The van der Waals surface area contributed by atoms with Crippen LogP contribution in [0.25, 0.3) is 17.1 Å². The zero-order valence-corrected chi connectivity index (χ0v) is 19.1. The van der Waals surface area contributed by atoms with E-state index in [1.54, 1.807) is 24.4 Å². The highest BCUT2D eigenvalue weighted by Gasteiger charge is 2.21. The Kier molecular flexibility index (Phi) is 5.78. The van der Waals surface area contributed by atoms with Crippen LogP contribution in [0.3, 0.4) is 0 Å². The van der Waals surface area contributed by atoms with E-state index < -0.39 is 5.91 Å². The Morgan fingerprint density at radius 1 is 1.06 bits per heavy atom. The van der Waals surface area contributed by atoms with E-state index >= 15 is 0 Å². The summed E-state index contributed by atoms with van der Waals surface area (Å²) >= 11 is 12.6. The van der Waals surface area contributed by atoms with Gasteiger partial charge in [-0.15, -0.1) is 10.2 Å². The monoisotopic (exact) mass is 481 g/mol. The maximum atomic E-state index is 12.0. The van der Waals surface area contributed by atoms with E-state index in [4.69, 9.17) is 28.9 Å². The van der Waals surface area contributed by atoms with Crippen LogP contribution < -0.4 is 11.1 Å². The second-order valence-corrected chi connectivity index (χ2v) is 8.79. The van der Waals surface area contributed by atoms with Gasteiger partial charge in [0, 0.05) is 17.3 Å². The van der Waals surface area contributed by atoms with Crippen molar-refractivity contribution in [2.75, 3.05) is 5.32 Å². The molecule has 8 nitrogen and oxygen atoms in total. The van der Waals surface area contributed by atoms with Crippen LogP contribution in [0.1, 0.15) is 42.2 Å². The van der Waals surface area contributed by atoms with Gasteiger partial charge in [-0.25, -0.2) is 4.68 Å². The predicted molar refractivity (Wildman–Crippen MR) is 128 cm³/mol. The standard InChI is InChI=1S/C23H21Cl2N7O/c24-17-6-3-7-18(25)21(17)32-12-19(20(30-32)22(26)33)28-15-10-8-14(9-11-15)23-29-27-13-31(23)16-4-1-2-5-16/h3,6-13,16,28H,1-2,4-5H2,(H2,26,33). The number of para-hydroxylation sites is 1. The highest BCUT2D eigenvalue weighted by atomic mass is 35.5. The summed E-state index contributed by atoms with van der Waals surface area (Å²) in [4.78, 5) is 12.0. The Balaban J connectivity index is 1.43. The van der Waals surface area contributed by atoms with Gasteiger partial charge in [0.15, 0.2) is 11.5 Å². The topological polar surface area (TPSA) is 104 Å². The number of hydrogen-bond donors (Lipinski definition) is 2. The molecular formula is C23H21Cl2N7O. The van der Waals surface area contributed by atoms with Gasteiger partial charge >= 0.3 is 0 Å². The Morgan fingerprint density at radius 2 is 1.76 bits per heavy atom. The summed E-state index contributed by atoms with van der Waals surface area (Å²) in [6, 6.07) is 13.3. The van der Waals surface area contributed by atoms with E-state index in [0.717, 1.165) is 29.9 Å². The summed E-state index contributed by atoms with van der Waals surface area (Å²) in [6.07, 6.45) is 8.23. The van der Waals surface area contributed by atoms with Crippen LogP contribution in [-0.4, -0.2) is 30.5 Å². The molecule has 2 aromatic carbocycles. The van der Waals surface area contributed by atoms with Crippen molar-refractivity contribution in [1.82, 2.24) is 24.5 Å². The molecule has 4 aromatic rings. The Labute approximate surface area is 200 Å². The number of aromatic nitrogens is 5. The van der Waals surface area contributed by atoms with E-state index in [1.807, 2.05) is 30.6 Å². The van der Waals surface area contributed by atoms with Gasteiger partial charge in [-0.05, 0) is 49.2 Å². The molecule has 0 bridgehead atoms. The Morgan fingerprint density at radius 3 is 2.42 bits per heavy atom. The van der Waals surface area contributed by atoms with Crippen molar-refractivity contribution in [2.45, 2.75) is 31.7 Å². The van der Waals surface area contributed by atoms with Gasteiger partial charge in [0.25, 0.3) is 5.91 Å². The van der Waals surface area contributed by atoms with Crippen molar-refractivity contribution in [3.05, 3.63) is 70.7 Å². The SMILES string of the molecule is NC(=O)c1nn(-c2c(Cl)cccc2Cl)cc1Nc1ccc(-c2nncn2C2CCCC2)cc1. The molecule has 3 N–H and O–H groups in total. The first-order chi connectivity index (χ1) is 16.0. The number of nitrogens with one attached hydrogen (secondary N) is 1. The first-order valence-corrected chi connectivity index (χ1v) is 11.4.